The summed E-state index contributed by atoms with van der Waals surface area (Å²) in [5.74, 6) is 0. The molecule has 4 aromatic rings. The normalized spacial score (nSPS) is 10.4. The van der Waals surface area contributed by atoms with Crippen LogP contribution in [0, 0.1) is 45.6 Å². The number of aromatic nitrogens is 2. The topological polar surface area (TPSA) is 53.9 Å². The first-order chi connectivity index (χ1) is 15.4. The quantitative estimate of drug-likeness (QED) is 0.335. The molecule has 0 N–H and O–H groups in total. The first kappa shape index (κ1) is 21.0. The predicted octanol–water partition coefficient (Wildman–Crippen LogP) is 7.13. The Bertz CT molecular complexity index is 1360. The largest absolute Gasteiger partial charge is 0.252 e. The molecule has 0 atom stereocenters. The monoisotopic (exact) mass is 414 g/mol. The number of hydrogen-bond donors (Lipinski definition) is 0. The van der Waals surface area contributed by atoms with Gasteiger partial charge in [0.25, 0.3) is 0 Å². The van der Waals surface area contributed by atoms with Gasteiger partial charge in [-0.05, 0) is 58.0 Å². The molecule has 3 aromatic carbocycles. The van der Waals surface area contributed by atoms with E-state index in [1.165, 1.54) is 0 Å². The average molecular weight is 415 g/mol. The lowest BCUT2D eigenvalue weighted by molar-refractivity contribution is 1.20. The Morgan fingerprint density at radius 1 is 0.812 bits per heavy atom. The van der Waals surface area contributed by atoms with Crippen molar-refractivity contribution in [2.75, 3.05) is 0 Å². The van der Waals surface area contributed by atoms with E-state index in [1.807, 2.05) is 0 Å². The molecule has 4 heteroatoms. The predicted molar refractivity (Wildman–Crippen MR) is 128 cm³/mol. The highest BCUT2D eigenvalue weighted by molar-refractivity contribution is 5.85. The van der Waals surface area contributed by atoms with Crippen LogP contribution in [-0.4, -0.2) is 9.97 Å². The Labute approximate surface area is 188 Å². The maximum absolute atomic E-state index is 9.65. The van der Waals surface area contributed by atoms with Gasteiger partial charge in [-0.2, -0.15) is 5.26 Å². The minimum absolute atomic E-state index is 0.392. The van der Waals surface area contributed by atoms with Crippen molar-refractivity contribution in [2.24, 2.45) is 0 Å². The fourth-order valence-electron chi connectivity index (χ4n) is 4.14. The lowest BCUT2D eigenvalue weighted by Crippen LogP contribution is -1.99. The first-order valence-corrected chi connectivity index (χ1v) is 10.3. The molecule has 0 saturated heterocycles. The molecule has 0 bridgehead atoms. The molecule has 4 rings (SSSR count). The van der Waals surface area contributed by atoms with E-state index < -0.39 is 0 Å². The van der Waals surface area contributed by atoms with Gasteiger partial charge in [-0.3, -0.25) is 4.98 Å². The van der Waals surface area contributed by atoms with Crippen molar-refractivity contribution < 1.29 is 0 Å². The van der Waals surface area contributed by atoms with Gasteiger partial charge in [-0.25, -0.2) is 9.83 Å². The Kier molecular flexibility index (Phi) is 5.54. The van der Waals surface area contributed by atoms with Crippen LogP contribution >= 0.6 is 0 Å². The van der Waals surface area contributed by atoms with Gasteiger partial charge in [-0.1, -0.05) is 46.5 Å². The third-order valence-corrected chi connectivity index (χ3v) is 5.30. The summed E-state index contributed by atoms with van der Waals surface area (Å²) in [6.45, 7) is 15.8. The van der Waals surface area contributed by atoms with Crippen LogP contribution in [0.15, 0.2) is 60.8 Å². The molecular weight excluding hydrogens is 392 g/mol. The van der Waals surface area contributed by atoms with Gasteiger partial charge >= 0.3 is 0 Å². The molecule has 0 aliphatic heterocycles. The third kappa shape index (κ3) is 4.00. The summed E-state index contributed by atoms with van der Waals surface area (Å²) in [5.41, 5.74) is 9.92. The number of nitriles is 1. The fraction of sp³-hybridized carbons (Fsp3) is 0.143. The SMILES string of the molecule is [C-]#[N+]c1cccc(C#N)c1-c1cnc(-c2cc(C)cc(C)c2)c(-c2cc(C)cc(C)c2)n1. The van der Waals surface area contributed by atoms with E-state index in [4.69, 9.17) is 16.5 Å². The fourth-order valence-corrected chi connectivity index (χ4v) is 4.14. The van der Waals surface area contributed by atoms with Crippen molar-refractivity contribution in [3.05, 3.63) is 100 Å². The summed E-state index contributed by atoms with van der Waals surface area (Å²) in [7, 11) is 0. The van der Waals surface area contributed by atoms with Crippen LogP contribution in [-0.2, 0) is 0 Å². The number of benzene rings is 3. The number of aryl methyl sites for hydroxylation is 4. The third-order valence-electron chi connectivity index (χ3n) is 5.30. The van der Waals surface area contributed by atoms with E-state index in [1.54, 1.807) is 24.4 Å². The Hall–Kier alpha value is -4.28. The molecule has 0 amide bonds. The molecule has 1 aromatic heterocycles. The highest BCUT2D eigenvalue weighted by Gasteiger charge is 2.18. The summed E-state index contributed by atoms with van der Waals surface area (Å²) >= 11 is 0. The molecule has 0 unspecified atom stereocenters. The second-order valence-corrected chi connectivity index (χ2v) is 8.13. The lowest BCUT2D eigenvalue weighted by Gasteiger charge is -2.14. The van der Waals surface area contributed by atoms with Crippen LogP contribution in [0.4, 0.5) is 5.69 Å². The summed E-state index contributed by atoms with van der Waals surface area (Å²) in [4.78, 5) is 13.4. The van der Waals surface area contributed by atoms with Gasteiger partial charge in [0.15, 0.2) is 5.69 Å². The zero-order chi connectivity index (χ0) is 22.8. The van der Waals surface area contributed by atoms with Crippen LogP contribution < -0.4 is 0 Å². The van der Waals surface area contributed by atoms with Crippen molar-refractivity contribution in [3.8, 4) is 39.8 Å². The van der Waals surface area contributed by atoms with E-state index in [2.05, 4.69) is 75.0 Å². The van der Waals surface area contributed by atoms with E-state index in [9.17, 15) is 5.26 Å². The molecular formula is C28H22N4. The maximum Gasteiger partial charge on any atom is 0.197 e. The molecule has 154 valence electrons. The molecule has 1 heterocycles. The summed E-state index contributed by atoms with van der Waals surface area (Å²) < 4.78 is 0. The minimum Gasteiger partial charge on any atom is -0.252 e. The Morgan fingerprint density at radius 3 is 1.91 bits per heavy atom. The Morgan fingerprint density at radius 2 is 1.38 bits per heavy atom. The second kappa shape index (κ2) is 8.46. The summed E-state index contributed by atoms with van der Waals surface area (Å²) in [6, 6.07) is 20.0. The minimum atomic E-state index is 0.392. The van der Waals surface area contributed by atoms with Gasteiger partial charge in [-0.15, -0.1) is 0 Å². The smallest absolute Gasteiger partial charge is 0.197 e. The van der Waals surface area contributed by atoms with Gasteiger partial charge in [0, 0.05) is 16.7 Å². The summed E-state index contributed by atoms with van der Waals surface area (Å²) in [5, 5.41) is 9.65. The van der Waals surface area contributed by atoms with Crippen molar-refractivity contribution in [3.63, 3.8) is 0 Å². The van der Waals surface area contributed by atoms with Crippen molar-refractivity contribution in [1.82, 2.24) is 9.97 Å². The molecule has 0 radical (unpaired) electrons. The number of nitrogens with zero attached hydrogens (tertiary/aromatic N) is 4. The zero-order valence-electron chi connectivity index (χ0n) is 18.6. The van der Waals surface area contributed by atoms with Crippen LogP contribution in [0.2, 0.25) is 0 Å². The molecule has 32 heavy (non-hydrogen) atoms. The zero-order valence-corrected chi connectivity index (χ0v) is 18.6. The molecule has 0 aliphatic carbocycles. The molecule has 0 saturated carbocycles. The highest BCUT2D eigenvalue weighted by atomic mass is 14.8. The second-order valence-electron chi connectivity index (χ2n) is 8.13. The molecule has 0 fully saturated rings. The van der Waals surface area contributed by atoms with Crippen molar-refractivity contribution in [1.29, 1.82) is 5.26 Å². The van der Waals surface area contributed by atoms with Gasteiger partial charge in [0.05, 0.1) is 41.5 Å². The molecule has 0 spiro atoms. The number of hydrogen-bond acceptors (Lipinski definition) is 3. The molecule has 4 nitrogen and oxygen atoms in total. The van der Waals surface area contributed by atoms with Crippen molar-refractivity contribution >= 4 is 5.69 Å². The molecule has 0 aliphatic rings. The maximum atomic E-state index is 9.65. The van der Waals surface area contributed by atoms with E-state index in [0.29, 0.717) is 22.5 Å². The standard InChI is InChI=1S/C28H22N4/c1-17-9-18(2)12-22(11-17)27-28(23-13-19(3)10-20(4)14-23)32-25(16-31-27)26-21(15-29)7-6-8-24(26)30-5/h6-14,16H,1-4H3. The lowest BCUT2D eigenvalue weighted by atomic mass is 9.97. The Balaban J connectivity index is 2.05. The van der Waals surface area contributed by atoms with Crippen LogP contribution in [0.3, 0.4) is 0 Å². The highest BCUT2D eigenvalue weighted by Crippen LogP contribution is 2.37. The van der Waals surface area contributed by atoms with Crippen molar-refractivity contribution in [2.45, 2.75) is 27.7 Å². The van der Waals surface area contributed by atoms with E-state index in [-0.39, 0.29) is 0 Å². The van der Waals surface area contributed by atoms with Gasteiger partial charge in [0.2, 0.25) is 0 Å². The van der Waals surface area contributed by atoms with Crippen LogP contribution in [0.1, 0.15) is 27.8 Å². The van der Waals surface area contributed by atoms with Crippen LogP contribution in [0.25, 0.3) is 38.6 Å². The number of rotatable bonds is 3. The summed E-state index contributed by atoms with van der Waals surface area (Å²) in [6.07, 6.45) is 1.67. The van der Waals surface area contributed by atoms with Crippen LogP contribution in [0.5, 0.6) is 0 Å². The van der Waals surface area contributed by atoms with Gasteiger partial charge in [0.1, 0.15) is 0 Å². The van der Waals surface area contributed by atoms with Gasteiger partial charge < -0.3 is 0 Å². The van der Waals surface area contributed by atoms with E-state index in [0.717, 1.165) is 44.8 Å². The average Bonchev–Trinajstić information content (AvgIpc) is 2.76. The first-order valence-electron chi connectivity index (χ1n) is 10.3. The van der Waals surface area contributed by atoms with E-state index >= 15 is 0 Å².